The molecule has 206 valence electrons. The van der Waals surface area contributed by atoms with Crippen LogP contribution in [-0.4, -0.2) is 15.0 Å². The molecule has 0 aliphatic heterocycles. The second-order valence-electron chi connectivity index (χ2n) is 10.8. The minimum Gasteiger partial charge on any atom is -0.456 e. The second-order valence-corrected chi connectivity index (χ2v) is 10.8. The van der Waals surface area contributed by atoms with Gasteiger partial charge in [-0.2, -0.15) is 0 Å². The van der Waals surface area contributed by atoms with E-state index in [1.54, 1.807) is 0 Å². The van der Waals surface area contributed by atoms with E-state index in [9.17, 15) is 0 Å². The van der Waals surface area contributed by atoms with Crippen molar-refractivity contribution in [2.24, 2.45) is 0 Å². The Hall–Kier alpha value is -6.07. The van der Waals surface area contributed by atoms with Crippen LogP contribution in [0.15, 0.2) is 148 Å². The standard InChI is InChI=1S/C39H23N3O2/c1-3-11-24(12-4-1)26-21-22-29-34(23-26)43-33-20-10-17-30(35(29)33)38-40-37(25-13-5-2-6-14-25)41-39(42-38)31-18-9-16-28-27-15-7-8-19-32(27)44-36(28)31/h1-23H. The zero-order valence-electron chi connectivity index (χ0n) is 23.4. The van der Waals surface area contributed by atoms with E-state index in [2.05, 4.69) is 48.5 Å². The summed E-state index contributed by atoms with van der Waals surface area (Å²) in [5, 5.41) is 4.07. The highest BCUT2D eigenvalue weighted by atomic mass is 16.3. The van der Waals surface area contributed by atoms with Crippen LogP contribution in [-0.2, 0) is 0 Å². The summed E-state index contributed by atoms with van der Waals surface area (Å²) in [5.74, 6) is 1.71. The van der Waals surface area contributed by atoms with E-state index in [4.69, 9.17) is 23.8 Å². The Morgan fingerprint density at radius 1 is 0.364 bits per heavy atom. The Bertz CT molecular complexity index is 2500. The third-order valence-corrected chi connectivity index (χ3v) is 8.16. The molecule has 5 heteroatoms. The molecule has 0 saturated heterocycles. The Morgan fingerprint density at radius 2 is 1.00 bits per heavy atom. The van der Waals surface area contributed by atoms with Gasteiger partial charge in [-0.05, 0) is 41.5 Å². The van der Waals surface area contributed by atoms with Crippen molar-refractivity contribution in [3.05, 3.63) is 140 Å². The van der Waals surface area contributed by atoms with Gasteiger partial charge in [0.1, 0.15) is 22.3 Å². The number of benzene rings is 6. The van der Waals surface area contributed by atoms with Crippen LogP contribution < -0.4 is 0 Å². The van der Waals surface area contributed by atoms with Gasteiger partial charge in [0, 0.05) is 32.7 Å². The molecule has 5 nitrogen and oxygen atoms in total. The van der Waals surface area contributed by atoms with Crippen LogP contribution in [0.4, 0.5) is 0 Å². The average molecular weight is 566 g/mol. The largest absolute Gasteiger partial charge is 0.456 e. The van der Waals surface area contributed by atoms with Crippen LogP contribution in [0.5, 0.6) is 0 Å². The number of hydrogen-bond donors (Lipinski definition) is 0. The number of furan rings is 2. The lowest BCUT2D eigenvalue weighted by Gasteiger charge is -2.09. The molecule has 9 aromatic rings. The van der Waals surface area contributed by atoms with Crippen LogP contribution in [0.25, 0.3) is 89.2 Å². The first kappa shape index (κ1) is 24.5. The van der Waals surface area contributed by atoms with Gasteiger partial charge in [0.25, 0.3) is 0 Å². The predicted octanol–water partition coefficient (Wildman–Crippen LogP) is 10.3. The van der Waals surface area contributed by atoms with Crippen molar-refractivity contribution >= 4 is 43.9 Å². The van der Waals surface area contributed by atoms with Crippen LogP contribution in [0.1, 0.15) is 0 Å². The summed E-state index contributed by atoms with van der Waals surface area (Å²) in [6.07, 6.45) is 0. The van der Waals surface area contributed by atoms with Crippen molar-refractivity contribution in [3.63, 3.8) is 0 Å². The van der Waals surface area contributed by atoms with Crippen molar-refractivity contribution in [1.82, 2.24) is 15.0 Å². The van der Waals surface area contributed by atoms with Gasteiger partial charge in [0.15, 0.2) is 17.5 Å². The topological polar surface area (TPSA) is 65.0 Å². The number of fused-ring (bicyclic) bond motifs is 6. The summed E-state index contributed by atoms with van der Waals surface area (Å²) >= 11 is 0. The highest BCUT2D eigenvalue weighted by Gasteiger charge is 2.20. The molecule has 0 atom stereocenters. The summed E-state index contributed by atoms with van der Waals surface area (Å²) in [6.45, 7) is 0. The van der Waals surface area contributed by atoms with Crippen molar-refractivity contribution in [1.29, 1.82) is 0 Å². The first-order valence-corrected chi connectivity index (χ1v) is 14.5. The average Bonchev–Trinajstić information content (AvgIpc) is 3.67. The van der Waals surface area contributed by atoms with Crippen LogP contribution in [0.3, 0.4) is 0 Å². The van der Waals surface area contributed by atoms with E-state index >= 15 is 0 Å². The molecule has 0 N–H and O–H groups in total. The van der Waals surface area contributed by atoms with Crippen LogP contribution >= 0.6 is 0 Å². The third-order valence-electron chi connectivity index (χ3n) is 8.16. The zero-order valence-corrected chi connectivity index (χ0v) is 23.4. The fraction of sp³-hybridized carbons (Fsp3) is 0. The normalized spacial score (nSPS) is 11.6. The molecule has 0 aliphatic carbocycles. The van der Waals surface area contributed by atoms with Crippen molar-refractivity contribution in [2.45, 2.75) is 0 Å². The first-order valence-electron chi connectivity index (χ1n) is 14.5. The van der Waals surface area contributed by atoms with Gasteiger partial charge in [-0.1, -0.05) is 109 Å². The number of nitrogens with zero attached hydrogens (tertiary/aromatic N) is 3. The van der Waals surface area contributed by atoms with Crippen molar-refractivity contribution < 1.29 is 8.83 Å². The number of para-hydroxylation sites is 2. The summed E-state index contributed by atoms with van der Waals surface area (Å²) in [4.78, 5) is 15.1. The Morgan fingerprint density at radius 3 is 1.84 bits per heavy atom. The lowest BCUT2D eigenvalue weighted by molar-refractivity contribution is 0.668. The monoisotopic (exact) mass is 565 g/mol. The highest BCUT2D eigenvalue weighted by Crippen LogP contribution is 2.39. The highest BCUT2D eigenvalue weighted by molar-refractivity contribution is 6.13. The van der Waals surface area contributed by atoms with Gasteiger partial charge in [-0.15, -0.1) is 0 Å². The number of hydrogen-bond acceptors (Lipinski definition) is 5. The van der Waals surface area contributed by atoms with Gasteiger partial charge >= 0.3 is 0 Å². The van der Waals surface area contributed by atoms with E-state index in [-0.39, 0.29) is 0 Å². The third kappa shape index (κ3) is 3.91. The first-order chi connectivity index (χ1) is 21.8. The van der Waals surface area contributed by atoms with E-state index in [0.29, 0.717) is 17.5 Å². The summed E-state index contributed by atoms with van der Waals surface area (Å²) < 4.78 is 12.8. The molecule has 3 aromatic heterocycles. The van der Waals surface area contributed by atoms with Gasteiger partial charge < -0.3 is 8.83 Å². The molecular formula is C39H23N3O2. The Balaban J connectivity index is 1.29. The molecule has 9 rings (SSSR count). The maximum atomic E-state index is 6.41. The van der Waals surface area contributed by atoms with E-state index in [1.165, 1.54) is 0 Å². The Kier molecular flexibility index (Phi) is 5.43. The van der Waals surface area contributed by atoms with E-state index in [0.717, 1.165) is 71.7 Å². The van der Waals surface area contributed by atoms with Gasteiger partial charge in [-0.3, -0.25) is 0 Å². The molecule has 0 spiro atoms. The Labute approximate surface area is 252 Å². The fourth-order valence-electron chi connectivity index (χ4n) is 6.08. The molecule has 3 heterocycles. The quantitative estimate of drug-likeness (QED) is 0.212. The minimum atomic E-state index is 0.551. The molecule has 0 amide bonds. The molecule has 0 aliphatic rings. The van der Waals surface area contributed by atoms with Crippen LogP contribution in [0.2, 0.25) is 0 Å². The maximum absolute atomic E-state index is 6.41. The molecule has 0 saturated carbocycles. The van der Waals surface area contributed by atoms with E-state index < -0.39 is 0 Å². The minimum absolute atomic E-state index is 0.551. The molecule has 44 heavy (non-hydrogen) atoms. The maximum Gasteiger partial charge on any atom is 0.167 e. The number of aromatic nitrogens is 3. The smallest absolute Gasteiger partial charge is 0.167 e. The zero-order chi connectivity index (χ0) is 29.0. The molecule has 0 unspecified atom stereocenters. The fourth-order valence-corrected chi connectivity index (χ4v) is 6.08. The summed E-state index contributed by atoms with van der Waals surface area (Å²) in [6, 6.07) is 46.9. The van der Waals surface area contributed by atoms with Gasteiger partial charge in [0.2, 0.25) is 0 Å². The molecule has 0 radical (unpaired) electrons. The van der Waals surface area contributed by atoms with Crippen LogP contribution in [0, 0.1) is 0 Å². The molecule has 6 aromatic carbocycles. The molecular weight excluding hydrogens is 542 g/mol. The van der Waals surface area contributed by atoms with Gasteiger partial charge in [0.05, 0.1) is 5.56 Å². The lowest BCUT2D eigenvalue weighted by atomic mass is 10.0. The summed E-state index contributed by atoms with van der Waals surface area (Å²) in [7, 11) is 0. The predicted molar refractivity (Wildman–Crippen MR) is 176 cm³/mol. The lowest BCUT2D eigenvalue weighted by Crippen LogP contribution is -2.00. The van der Waals surface area contributed by atoms with Gasteiger partial charge in [-0.25, -0.2) is 15.0 Å². The molecule has 0 fully saturated rings. The number of rotatable bonds is 4. The second kappa shape index (κ2) is 9.75. The van der Waals surface area contributed by atoms with Crippen molar-refractivity contribution in [3.8, 4) is 45.3 Å². The van der Waals surface area contributed by atoms with Crippen molar-refractivity contribution in [2.75, 3.05) is 0 Å². The summed E-state index contributed by atoms with van der Waals surface area (Å²) in [5.41, 5.74) is 8.04. The SMILES string of the molecule is c1ccc(-c2ccc3c(c2)oc2cccc(-c4nc(-c5ccccc5)nc(-c5cccc6c5oc5ccccc56)n4)c23)cc1. The van der Waals surface area contributed by atoms with E-state index in [1.807, 2.05) is 91.0 Å². The molecule has 0 bridgehead atoms.